The van der Waals surface area contributed by atoms with Gasteiger partial charge in [0.1, 0.15) is 11.5 Å². The van der Waals surface area contributed by atoms with Gasteiger partial charge in [0.2, 0.25) is 0 Å². The highest BCUT2D eigenvalue weighted by molar-refractivity contribution is 7.99. The molecule has 164 valence electrons. The molecule has 0 atom stereocenters. The van der Waals surface area contributed by atoms with Gasteiger partial charge in [0, 0.05) is 33.1 Å². The minimum absolute atomic E-state index is 0.209. The number of fused-ring (bicyclic) bond motifs is 1. The van der Waals surface area contributed by atoms with Crippen molar-refractivity contribution < 1.29 is 14.3 Å². The third-order valence-electron chi connectivity index (χ3n) is 5.08. The molecule has 0 unspecified atom stereocenters. The second kappa shape index (κ2) is 10.0. The Balaban J connectivity index is 1.49. The van der Waals surface area contributed by atoms with Crippen LogP contribution in [0.4, 0.5) is 0 Å². The fraction of sp³-hybridized carbons (Fsp3) is 0.160. The number of nitrogens with one attached hydrogen (secondary N) is 2. The van der Waals surface area contributed by atoms with Gasteiger partial charge < -0.3 is 19.8 Å². The number of amides is 1. The fourth-order valence-corrected chi connectivity index (χ4v) is 4.72. The molecule has 2 N–H and O–H groups in total. The second-order valence-electron chi connectivity index (χ2n) is 7.05. The van der Waals surface area contributed by atoms with Crippen molar-refractivity contribution in [2.45, 2.75) is 4.90 Å². The average Bonchev–Trinajstić information content (AvgIpc) is 3.20. The molecule has 0 spiro atoms. The van der Waals surface area contributed by atoms with Crippen molar-refractivity contribution in [3.63, 3.8) is 0 Å². The summed E-state index contributed by atoms with van der Waals surface area (Å²) in [5.41, 5.74) is 3.64. The number of hydrogen-bond acceptors (Lipinski definition) is 4. The molecule has 7 heteroatoms. The van der Waals surface area contributed by atoms with Gasteiger partial charge in [0.25, 0.3) is 5.91 Å². The molecule has 0 saturated carbocycles. The van der Waals surface area contributed by atoms with Crippen LogP contribution < -0.4 is 14.8 Å². The van der Waals surface area contributed by atoms with Gasteiger partial charge in [-0.3, -0.25) is 4.79 Å². The highest BCUT2D eigenvalue weighted by Gasteiger charge is 2.15. The zero-order chi connectivity index (χ0) is 22.5. The van der Waals surface area contributed by atoms with Gasteiger partial charge >= 0.3 is 0 Å². The average molecular weight is 467 g/mol. The maximum absolute atomic E-state index is 12.6. The van der Waals surface area contributed by atoms with Gasteiger partial charge in [-0.25, -0.2) is 0 Å². The molecule has 0 fully saturated rings. The van der Waals surface area contributed by atoms with Crippen LogP contribution in [0.1, 0.15) is 10.4 Å². The van der Waals surface area contributed by atoms with Crippen LogP contribution in [0.5, 0.6) is 11.5 Å². The first kappa shape index (κ1) is 22.1. The number of carbonyl (C=O) groups excluding carboxylic acids is 1. The number of aromatic amines is 1. The van der Waals surface area contributed by atoms with Gasteiger partial charge in [0.05, 0.1) is 25.5 Å². The van der Waals surface area contributed by atoms with Gasteiger partial charge in [-0.15, -0.1) is 11.8 Å². The van der Waals surface area contributed by atoms with Crippen LogP contribution in [0.15, 0.2) is 71.6 Å². The fourth-order valence-electron chi connectivity index (χ4n) is 3.50. The van der Waals surface area contributed by atoms with E-state index in [2.05, 4.69) is 22.4 Å². The number of benzene rings is 3. The quantitative estimate of drug-likeness (QED) is 0.246. The molecule has 3 aromatic carbocycles. The van der Waals surface area contributed by atoms with Crippen molar-refractivity contribution >= 4 is 40.2 Å². The van der Waals surface area contributed by atoms with E-state index in [1.54, 1.807) is 37.1 Å². The van der Waals surface area contributed by atoms with E-state index in [1.165, 1.54) is 7.11 Å². The topological polar surface area (TPSA) is 63.3 Å². The van der Waals surface area contributed by atoms with Crippen LogP contribution in [0.2, 0.25) is 5.02 Å². The number of para-hydroxylation sites is 1. The van der Waals surface area contributed by atoms with E-state index in [0.29, 0.717) is 28.6 Å². The molecule has 0 bridgehead atoms. The SMILES string of the molecule is COc1ccc(-c2[nH]c3ccccc3c2SCCNC(=O)c2cc(Cl)ccc2OC)cc1. The molecule has 5 nitrogen and oxygen atoms in total. The first-order chi connectivity index (χ1) is 15.6. The lowest BCUT2D eigenvalue weighted by molar-refractivity contribution is 0.0953. The summed E-state index contributed by atoms with van der Waals surface area (Å²) in [6, 6.07) is 21.2. The number of carbonyl (C=O) groups is 1. The summed E-state index contributed by atoms with van der Waals surface area (Å²) in [4.78, 5) is 17.3. The summed E-state index contributed by atoms with van der Waals surface area (Å²) in [6.07, 6.45) is 0. The Morgan fingerprint density at radius 3 is 2.56 bits per heavy atom. The lowest BCUT2D eigenvalue weighted by Crippen LogP contribution is -2.26. The second-order valence-corrected chi connectivity index (χ2v) is 8.59. The van der Waals surface area contributed by atoms with Crippen molar-refractivity contribution in [1.29, 1.82) is 0 Å². The molecule has 0 radical (unpaired) electrons. The minimum atomic E-state index is -0.209. The maximum Gasteiger partial charge on any atom is 0.255 e. The Labute approximate surface area is 196 Å². The van der Waals surface area contributed by atoms with Gasteiger partial charge in [-0.05, 0) is 54.1 Å². The molecular weight excluding hydrogens is 444 g/mol. The van der Waals surface area contributed by atoms with Crippen LogP contribution in [0.25, 0.3) is 22.2 Å². The van der Waals surface area contributed by atoms with Gasteiger partial charge in [-0.2, -0.15) is 0 Å². The predicted octanol–water partition coefficient (Wildman–Crippen LogP) is 6.03. The van der Waals surface area contributed by atoms with Crippen molar-refractivity contribution in [2.75, 3.05) is 26.5 Å². The number of methoxy groups -OCH3 is 2. The Hall–Kier alpha value is -3.09. The van der Waals surface area contributed by atoms with Crippen molar-refractivity contribution in [2.24, 2.45) is 0 Å². The minimum Gasteiger partial charge on any atom is -0.497 e. The lowest BCUT2D eigenvalue weighted by atomic mass is 10.1. The Bertz CT molecular complexity index is 1240. The highest BCUT2D eigenvalue weighted by atomic mass is 35.5. The van der Waals surface area contributed by atoms with Crippen LogP contribution in [-0.4, -0.2) is 37.4 Å². The Kier molecular flexibility index (Phi) is 6.93. The van der Waals surface area contributed by atoms with Crippen LogP contribution in [0, 0.1) is 0 Å². The molecule has 0 aliphatic carbocycles. The van der Waals surface area contributed by atoms with E-state index in [0.717, 1.165) is 32.8 Å². The Morgan fingerprint density at radius 1 is 1.03 bits per heavy atom. The molecule has 1 amide bonds. The number of ether oxygens (including phenoxy) is 2. The van der Waals surface area contributed by atoms with Gasteiger partial charge in [-0.1, -0.05) is 29.8 Å². The molecule has 4 aromatic rings. The van der Waals surface area contributed by atoms with E-state index in [-0.39, 0.29) is 5.91 Å². The van der Waals surface area contributed by atoms with Crippen molar-refractivity contribution in [1.82, 2.24) is 10.3 Å². The van der Waals surface area contributed by atoms with Crippen LogP contribution >= 0.6 is 23.4 Å². The number of H-pyrrole nitrogens is 1. The zero-order valence-electron chi connectivity index (χ0n) is 17.8. The molecule has 1 heterocycles. The third kappa shape index (κ3) is 4.71. The van der Waals surface area contributed by atoms with E-state index in [1.807, 2.05) is 36.4 Å². The lowest BCUT2D eigenvalue weighted by Gasteiger charge is -2.10. The summed E-state index contributed by atoms with van der Waals surface area (Å²) >= 11 is 7.75. The first-order valence-electron chi connectivity index (χ1n) is 10.1. The molecule has 32 heavy (non-hydrogen) atoms. The standard InChI is InChI=1S/C25H23ClN2O3S/c1-30-18-10-7-16(8-11-18)23-24(19-5-3-4-6-21(19)28-23)32-14-13-27-25(29)20-15-17(26)9-12-22(20)31-2/h3-12,15,28H,13-14H2,1-2H3,(H,27,29). The highest BCUT2D eigenvalue weighted by Crippen LogP contribution is 2.38. The predicted molar refractivity (Wildman–Crippen MR) is 131 cm³/mol. The maximum atomic E-state index is 12.6. The number of rotatable bonds is 8. The Morgan fingerprint density at radius 2 is 1.81 bits per heavy atom. The first-order valence-corrected chi connectivity index (χ1v) is 11.5. The zero-order valence-corrected chi connectivity index (χ0v) is 19.3. The molecule has 4 rings (SSSR count). The van der Waals surface area contributed by atoms with Crippen molar-refractivity contribution in [3.8, 4) is 22.8 Å². The number of thioether (sulfide) groups is 1. The molecular formula is C25H23ClN2O3S. The van der Waals surface area contributed by atoms with E-state index < -0.39 is 0 Å². The molecule has 0 aliphatic rings. The molecule has 0 saturated heterocycles. The summed E-state index contributed by atoms with van der Waals surface area (Å²) in [5, 5.41) is 4.61. The summed E-state index contributed by atoms with van der Waals surface area (Å²) in [7, 11) is 3.19. The van der Waals surface area contributed by atoms with E-state index in [4.69, 9.17) is 21.1 Å². The molecule has 0 aliphatic heterocycles. The van der Waals surface area contributed by atoms with E-state index >= 15 is 0 Å². The summed E-state index contributed by atoms with van der Waals surface area (Å²) in [6.45, 7) is 0.501. The third-order valence-corrected chi connectivity index (χ3v) is 6.43. The van der Waals surface area contributed by atoms with Crippen LogP contribution in [-0.2, 0) is 0 Å². The summed E-state index contributed by atoms with van der Waals surface area (Å²) < 4.78 is 10.6. The largest absolute Gasteiger partial charge is 0.497 e. The van der Waals surface area contributed by atoms with E-state index in [9.17, 15) is 4.79 Å². The number of halogens is 1. The molecule has 1 aromatic heterocycles. The smallest absolute Gasteiger partial charge is 0.255 e. The number of hydrogen-bond donors (Lipinski definition) is 2. The van der Waals surface area contributed by atoms with Crippen molar-refractivity contribution in [3.05, 3.63) is 77.3 Å². The monoisotopic (exact) mass is 466 g/mol. The van der Waals surface area contributed by atoms with Crippen LogP contribution in [0.3, 0.4) is 0 Å². The van der Waals surface area contributed by atoms with Gasteiger partial charge in [0.15, 0.2) is 0 Å². The normalized spacial score (nSPS) is 10.8. The number of aromatic nitrogens is 1. The summed E-state index contributed by atoms with van der Waals surface area (Å²) in [5.74, 6) is 1.81.